The summed E-state index contributed by atoms with van der Waals surface area (Å²) in [6.07, 6.45) is 3.88. The van der Waals surface area contributed by atoms with Gasteiger partial charge in [-0.05, 0) is 26.3 Å². The lowest BCUT2D eigenvalue weighted by Gasteiger charge is -2.21. The van der Waals surface area contributed by atoms with E-state index in [2.05, 4.69) is 9.38 Å². The van der Waals surface area contributed by atoms with Crippen LogP contribution in [0.2, 0.25) is 5.15 Å². The second-order valence-corrected chi connectivity index (χ2v) is 6.53. The van der Waals surface area contributed by atoms with Crippen LogP contribution in [0.15, 0.2) is 16.7 Å². The van der Waals surface area contributed by atoms with Crippen LogP contribution in [-0.2, 0) is 11.4 Å². The van der Waals surface area contributed by atoms with Crippen molar-refractivity contribution in [2.75, 3.05) is 7.11 Å². The lowest BCUT2D eigenvalue weighted by atomic mass is 10.1. The van der Waals surface area contributed by atoms with E-state index in [9.17, 15) is 4.55 Å². The number of nitrogens with zero attached hydrogens (tertiary/aromatic N) is 2. The minimum atomic E-state index is -1.28. The van der Waals surface area contributed by atoms with Gasteiger partial charge in [-0.2, -0.15) is 0 Å². The summed E-state index contributed by atoms with van der Waals surface area (Å²) in [5.74, 6) is 0.473. The van der Waals surface area contributed by atoms with E-state index in [4.69, 9.17) is 16.3 Å². The van der Waals surface area contributed by atoms with Crippen LogP contribution in [0.5, 0.6) is 5.75 Å². The van der Waals surface area contributed by atoms with Crippen LogP contribution >= 0.6 is 11.6 Å². The molecule has 0 fully saturated rings. The molecule has 0 radical (unpaired) electrons. The molecule has 0 aliphatic rings. The minimum Gasteiger partial charge on any atom is -0.591 e. The van der Waals surface area contributed by atoms with Crippen molar-refractivity contribution >= 4 is 29.2 Å². The molecule has 0 spiro atoms. The van der Waals surface area contributed by atoms with E-state index in [1.807, 2.05) is 20.8 Å². The van der Waals surface area contributed by atoms with E-state index in [1.54, 1.807) is 12.3 Å². The predicted octanol–water partition coefficient (Wildman–Crippen LogP) is 3.01. The molecular weight excluding hydrogens is 272 g/mol. The standard InChI is InChI=1S/C12H17ClN2O2S/c1-5-12(2,3)18(16)15-8-9-6-10(17-4)11(13)14-7-9/h6-8H,5H2,1-4H3. The molecule has 4 nitrogen and oxygen atoms in total. The van der Waals surface area contributed by atoms with Crippen LogP contribution in [0.1, 0.15) is 32.8 Å². The molecule has 1 aromatic heterocycles. The molecule has 1 rings (SSSR count). The number of hydrogen-bond acceptors (Lipinski definition) is 4. The highest BCUT2D eigenvalue weighted by atomic mass is 35.5. The van der Waals surface area contributed by atoms with Gasteiger partial charge in [0, 0.05) is 11.8 Å². The average Bonchev–Trinajstić information content (AvgIpc) is 2.37. The highest BCUT2D eigenvalue weighted by Gasteiger charge is 2.30. The number of halogens is 1. The first-order chi connectivity index (χ1) is 8.40. The molecule has 6 heteroatoms. The van der Waals surface area contributed by atoms with Crippen molar-refractivity contribution in [2.24, 2.45) is 4.40 Å². The van der Waals surface area contributed by atoms with Gasteiger partial charge in [0.2, 0.25) is 0 Å². The molecule has 1 aromatic rings. The van der Waals surface area contributed by atoms with E-state index in [0.29, 0.717) is 16.5 Å². The fourth-order valence-corrected chi connectivity index (χ4v) is 1.96. The van der Waals surface area contributed by atoms with Gasteiger partial charge in [0.15, 0.2) is 10.9 Å². The van der Waals surface area contributed by atoms with Crippen LogP contribution in [-0.4, -0.2) is 27.6 Å². The summed E-state index contributed by atoms with van der Waals surface area (Å²) in [6, 6.07) is 1.70. The van der Waals surface area contributed by atoms with Gasteiger partial charge >= 0.3 is 0 Å². The maximum atomic E-state index is 11.9. The number of aromatic nitrogens is 1. The van der Waals surface area contributed by atoms with E-state index >= 15 is 0 Å². The first kappa shape index (κ1) is 15.3. The van der Waals surface area contributed by atoms with Gasteiger partial charge in [-0.1, -0.05) is 22.9 Å². The molecule has 100 valence electrons. The Balaban J connectivity index is 2.85. The molecule has 0 bridgehead atoms. The number of rotatable bonds is 5. The molecule has 0 aromatic carbocycles. The van der Waals surface area contributed by atoms with Gasteiger partial charge < -0.3 is 9.29 Å². The van der Waals surface area contributed by atoms with Crippen molar-refractivity contribution in [3.63, 3.8) is 0 Å². The lowest BCUT2D eigenvalue weighted by Crippen LogP contribution is -2.29. The molecule has 0 aliphatic carbocycles. The number of pyridine rings is 1. The van der Waals surface area contributed by atoms with E-state index < -0.39 is 11.4 Å². The molecule has 1 unspecified atom stereocenters. The Hall–Kier alpha value is -0.780. The molecule has 1 atom stereocenters. The third-order valence-electron chi connectivity index (χ3n) is 2.67. The molecule has 1 heterocycles. The second-order valence-electron chi connectivity index (χ2n) is 4.36. The average molecular weight is 289 g/mol. The van der Waals surface area contributed by atoms with Crippen LogP contribution in [0.4, 0.5) is 0 Å². The zero-order chi connectivity index (χ0) is 13.8. The summed E-state index contributed by atoms with van der Waals surface area (Å²) >= 11 is 4.54. The van der Waals surface area contributed by atoms with Crippen LogP contribution in [0, 0.1) is 0 Å². The zero-order valence-corrected chi connectivity index (χ0v) is 12.5. The summed E-state index contributed by atoms with van der Waals surface area (Å²) in [6.45, 7) is 5.82. The first-order valence-corrected chi connectivity index (χ1v) is 7.04. The summed E-state index contributed by atoms with van der Waals surface area (Å²) in [5.41, 5.74) is 0.705. The molecule has 0 aliphatic heterocycles. The number of hydrogen-bond donors (Lipinski definition) is 0. The van der Waals surface area contributed by atoms with E-state index in [1.165, 1.54) is 13.3 Å². The zero-order valence-electron chi connectivity index (χ0n) is 10.9. The molecule has 0 amide bonds. The molecular formula is C12H17ClN2O2S. The van der Waals surface area contributed by atoms with E-state index in [0.717, 1.165) is 6.42 Å². The van der Waals surface area contributed by atoms with Crippen LogP contribution in [0.25, 0.3) is 0 Å². The van der Waals surface area contributed by atoms with Gasteiger partial charge in [-0.25, -0.2) is 4.98 Å². The third kappa shape index (κ3) is 3.86. The Morgan fingerprint density at radius 3 is 2.83 bits per heavy atom. The van der Waals surface area contributed by atoms with Crippen molar-refractivity contribution < 1.29 is 9.29 Å². The van der Waals surface area contributed by atoms with Gasteiger partial charge in [0.1, 0.15) is 16.1 Å². The second kappa shape index (κ2) is 6.41. The van der Waals surface area contributed by atoms with Gasteiger partial charge in [0.25, 0.3) is 0 Å². The number of methoxy groups -OCH3 is 1. The fraction of sp³-hybridized carbons (Fsp3) is 0.500. The Bertz CT molecular complexity index is 438. The monoisotopic (exact) mass is 288 g/mol. The van der Waals surface area contributed by atoms with Gasteiger partial charge in [-0.15, -0.1) is 0 Å². The third-order valence-corrected chi connectivity index (χ3v) is 4.48. The fourth-order valence-electron chi connectivity index (χ4n) is 1.03. The Morgan fingerprint density at radius 1 is 1.61 bits per heavy atom. The largest absolute Gasteiger partial charge is 0.591 e. The summed E-state index contributed by atoms with van der Waals surface area (Å²) in [4.78, 5) is 3.96. The highest BCUT2D eigenvalue weighted by Crippen LogP contribution is 2.23. The van der Waals surface area contributed by atoms with E-state index in [-0.39, 0.29) is 4.75 Å². The van der Waals surface area contributed by atoms with Crippen LogP contribution in [0.3, 0.4) is 0 Å². The van der Waals surface area contributed by atoms with Crippen molar-refractivity contribution in [1.82, 2.24) is 4.98 Å². The van der Waals surface area contributed by atoms with Gasteiger partial charge in [-0.3, -0.25) is 0 Å². The van der Waals surface area contributed by atoms with Crippen molar-refractivity contribution in [3.8, 4) is 5.75 Å². The first-order valence-electron chi connectivity index (χ1n) is 5.56. The summed E-state index contributed by atoms with van der Waals surface area (Å²) < 4.78 is 20.7. The maximum Gasteiger partial charge on any atom is 0.171 e. The Kier molecular flexibility index (Phi) is 5.44. The summed E-state index contributed by atoms with van der Waals surface area (Å²) in [7, 11) is 1.52. The quantitative estimate of drug-likeness (QED) is 0.475. The summed E-state index contributed by atoms with van der Waals surface area (Å²) in [5, 5.41) is 0.296. The highest BCUT2D eigenvalue weighted by molar-refractivity contribution is 7.91. The van der Waals surface area contributed by atoms with Gasteiger partial charge in [0.05, 0.1) is 13.3 Å². The number of ether oxygens (including phenoxy) is 1. The maximum absolute atomic E-state index is 11.9. The SMILES string of the molecule is CCC(C)(C)[S+]([O-])N=Cc1cnc(Cl)c(OC)c1. The predicted molar refractivity (Wildman–Crippen MR) is 75.9 cm³/mol. The molecule has 0 N–H and O–H groups in total. The topological polar surface area (TPSA) is 57.5 Å². The van der Waals surface area contributed by atoms with Crippen molar-refractivity contribution in [1.29, 1.82) is 0 Å². The minimum absolute atomic E-state index is 0.296. The lowest BCUT2D eigenvalue weighted by molar-refractivity contribution is 0.413. The molecule has 0 saturated heterocycles. The van der Waals surface area contributed by atoms with Crippen LogP contribution < -0.4 is 4.74 Å². The molecule has 18 heavy (non-hydrogen) atoms. The Labute approximate surface area is 116 Å². The smallest absolute Gasteiger partial charge is 0.171 e. The molecule has 0 saturated carbocycles. The van der Waals surface area contributed by atoms with Crippen molar-refractivity contribution in [2.45, 2.75) is 31.9 Å². The normalized spacial score (nSPS) is 13.9. The Morgan fingerprint density at radius 2 is 2.28 bits per heavy atom. The van der Waals surface area contributed by atoms with Crippen molar-refractivity contribution in [3.05, 3.63) is 23.0 Å².